The molecule has 0 amide bonds. The molecule has 1 heterocycles. The predicted molar refractivity (Wildman–Crippen MR) is 110 cm³/mol. The fourth-order valence-electron chi connectivity index (χ4n) is 3.57. The molecule has 1 aliphatic heterocycles. The first-order chi connectivity index (χ1) is 14.5. The molecule has 1 fully saturated rings. The van der Waals surface area contributed by atoms with Crippen LogP contribution in [0, 0.1) is 0 Å². The summed E-state index contributed by atoms with van der Waals surface area (Å²) < 4.78 is 22.8. The van der Waals surface area contributed by atoms with E-state index in [0.717, 1.165) is 24.7 Å². The Kier molecular flexibility index (Phi) is 9.97. The smallest absolute Gasteiger partial charge is 0.307 e. The van der Waals surface area contributed by atoms with Crippen molar-refractivity contribution < 1.29 is 33.3 Å². The maximum absolute atomic E-state index is 12.6. The van der Waals surface area contributed by atoms with Gasteiger partial charge in [-0.15, -0.1) is 0 Å². The Morgan fingerprint density at radius 1 is 1.13 bits per heavy atom. The van der Waals surface area contributed by atoms with Crippen molar-refractivity contribution in [3.63, 3.8) is 0 Å². The Morgan fingerprint density at radius 2 is 1.87 bits per heavy atom. The largest absolute Gasteiger partial charge is 0.466 e. The number of hydrogen-bond donors (Lipinski definition) is 0. The molecule has 1 saturated heterocycles. The van der Waals surface area contributed by atoms with Gasteiger partial charge in [-0.05, 0) is 26.2 Å². The molecule has 0 aromatic heterocycles. The second-order valence-electron chi connectivity index (χ2n) is 7.35. The van der Waals surface area contributed by atoms with Crippen LogP contribution >= 0.6 is 0 Å². The van der Waals surface area contributed by atoms with Crippen molar-refractivity contribution in [1.29, 1.82) is 0 Å². The number of carbonyl (C=O) groups is 3. The number of unbranched alkanes of at least 4 members (excludes halogenated alkanes) is 1. The van der Waals surface area contributed by atoms with Gasteiger partial charge in [-0.2, -0.15) is 0 Å². The van der Waals surface area contributed by atoms with Crippen molar-refractivity contribution in [1.82, 2.24) is 0 Å². The summed E-state index contributed by atoms with van der Waals surface area (Å²) in [5.41, 5.74) is -0.0972. The number of carbonyl (C=O) groups excluding carboxylic acids is 3. The molecule has 30 heavy (non-hydrogen) atoms. The average Bonchev–Trinajstić information content (AvgIpc) is 3.26. The van der Waals surface area contributed by atoms with Crippen LogP contribution in [0.1, 0.15) is 70.6 Å². The lowest BCUT2D eigenvalue weighted by Gasteiger charge is -2.37. The molecule has 7 heteroatoms. The fourth-order valence-corrected chi connectivity index (χ4v) is 3.57. The first kappa shape index (κ1) is 24.0. The summed E-state index contributed by atoms with van der Waals surface area (Å²) in [5, 5.41) is 0. The molecule has 0 N–H and O–H groups in total. The summed E-state index contributed by atoms with van der Waals surface area (Å²) in [6.45, 7) is 4.28. The predicted octanol–water partition coefficient (Wildman–Crippen LogP) is 3.90. The molecule has 2 rings (SSSR count). The van der Waals surface area contributed by atoms with Crippen LogP contribution in [-0.4, -0.2) is 43.1 Å². The summed E-state index contributed by atoms with van der Waals surface area (Å²) in [5.74, 6) is -0.942. The highest BCUT2D eigenvalue weighted by molar-refractivity contribution is 5.78. The van der Waals surface area contributed by atoms with Crippen LogP contribution < -0.4 is 0 Å². The molecule has 3 atom stereocenters. The summed E-state index contributed by atoms with van der Waals surface area (Å²) in [6, 6.07) is 9.55. The molecule has 0 saturated carbocycles. The topological polar surface area (TPSA) is 88.1 Å². The molecule has 1 aliphatic rings. The summed E-state index contributed by atoms with van der Waals surface area (Å²) in [7, 11) is 0. The van der Waals surface area contributed by atoms with E-state index in [1.807, 2.05) is 37.3 Å². The van der Waals surface area contributed by atoms with E-state index in [4.69, 9.17) is 18.9 Å². The molecule has 0 spiro atoms. The molecule has 1 aromatic rings. The highest BCUT2D eigenvalue weighted by Crippen LogP contribution is 2.39. The van der Waals surface area contributed by atoms with Gasteiger partial charge in [0.25, 0.3) is 0 Å². The molecular weight excluding hydrogens is 388 g/mol. The van der Waals surface area contributed by atoms with Gasteiger partial charge in [0.1, 0.15) is 18.0 Å². The zero-order valence-electron chi connectivity index (χ0n) is 17.8. The fraction of sp³-hybridized carbons (Fsp3) is 0.609. The number of benzene rings is 1. The molecule has 1 aromatic carbocycles. The van der Waals surface area contributed by atoms with E-state index in [1.165, 1.54) is 0 Å². The van der Waals surface area contributed by atoms with Gasteiger partial charge in [-0.3, -0.25) is 9.59 Å². The highest BCUT2D eigenvalue weighted by Gasteiger charge is 2.47. The van der Waals surface area contributed by atoms with Crippen molar-refractivity contribution in [3.05, 3.63) is 35.9 Å². The third-order valence-electron chi connectivity index (χ3n) is 5.14. The van der Waals surface area contributed by atoms with E-state index >= 15 is 0 Å². The standard InChI is InChI=1S/C23H32O7/c1-3-5-14-23(15-9-16-24,30-21(26)13-12-20(25)27-4-2)19-17-28-22(29-19)18-10-7-6-8-11-18/h6-8,10-11,16,19,22H,3-5,9,12-15,17H2,1-2H3/t19-,22?,23+/m0/s1. The third kappa shape index (κ3) is 6.92. The van der Waals surface area contributed by atoms with Gasteiger partial charge >= 0.3 is 11.9 Å². The molecular formula is C23H32O7. The molecule has 166 valence electrons. The monoisotopic (exact) mass is 420 g/mol. The lowest BCUT2D eigenvalue weighted by Crippen LogP contribution is -2.48. The van der Waals surface area contributed by atoms with Gasteiger partial charge in [0, 0.05) is 12.0 Å². The van der Waals surface area contributed by atoms with Crippen LogP contribution in [0.15, 0.2) is 30.3 Å². The SMILES string of the molecule is CCCC[C@](CCC=O)(OC(=O)CCC(=O)OCC)[C@@H]1COC(c2ccccc2)O1. The lowest BCUT2D eigenvalue weighted by molar-refractivity contribution is -0.184. The Morgan fingerprint density at radius 3 is 2.53 bits per heavy atom. The van der Waals surface area contributed by atoms with E-state index in [2.05, 4.69) is 0 Å². The number of esters is 2. The highest BCUT2D eigenvalue weighted by atomic mass is 16.7. The minimum Gasteiger partial charge on any atom is -0.466 e. The molecule has 0 bridgehead atoms. The van der Waals surface area contributed by atoms with Gasteiger partial charge in [-0.25, -0.2) is 0 Å². The second-order valence-corrected chi connectivity index (χ2v) is 7.35. The number of ether oxygens (including phenoxy) is 4. The normalized spacial score (nSPS) is 20.3. The van der Waals surface area contributed by atoms with Crippen molar-refractivity contribution in [2.24, 2.45) is 0 Å². The van der Waals surface area contributed by atoms with Gasteiger partial charge in [0.05, 0.1) is 26.1 Å². The first-order valence-corrected chi connectivity index (χ1v) is 10.7. The Labute approximate surface area is 178 Å². The number of hydrogen-bond acceptors (Lipinski definition) is 7. The average molecular weight is 421 g/mol. The Balaban J connectivity index is 2.14. The van der Waals surface area contributed by atoms with Crippen LogP contribution in [-0.2, 0) is 33.3 Å². The maximum Gasteiger partial charge on any atom is 0.307 e. The number of rotatable bonds is 13. The minimum atomic E-state index is -0.980. The number of aldehydes is 1. The molecule has 7 nitrogen and oxygen atoms in total. The van der Waals surface area contributed by atoms with Crippen molar-refractivity contribution in [2.75, 3.05) is 13.2 Å². The van der Waals surface area contributed by atoms with Crippen LogP contribution in [0.3, 0.4) is 0 Å². The summed E-state index contributed by atoms with van der Waals surface area (Å²) in [6.07, 6.45) is 2.49. The van der Waals surface area contributed by atoms with Crippen LogP contribution in [0.2, 0.25) is 0 Å². The van der Waals surface area contributed by atoms with E-state index < -0.39 is 29.9 Å². The van der Waals surface area contributed by atoms with E-state index in [9.17, 15) is 14.4 Å². The van der Waals surface area contributed by atoms with Crippen molar-refractivity contribution >= 4 is 18.2 Å². The molecule has 1 unspecified atom stereocenters. The first-order valence-electron chi connectivity index (χ1n) is 10.7. The summed E-state index contributed by atoms with van der Waals surface area (Å²) >= 11 is 0. The van der Waals surface area contributed by atoms with Gasteiger partial charge < -0.3 is 23.7 Å². The van der Waals surface area contributed by atoms with Crippen LogP contribution in [0.4, 0.5) is 0 Å². The maximum atomic E-state index is 12.6. The van der Waals surface area contributed by atoms with E-state index in [-0.39, 0.29) is 32.5 Å². The molecule has 0 radical (unpaired) electrons. The zero-order valence-corrected chi connectivity index (χ0v) is 17.8. The zero-order chi connectivity index (χ0) is 21.8. The van der Waals surface area contributed by atoms with E-state index in [0.29, 0.717) is 12.8 Å². The molecule has 0 aliphatic carbocycles. The van der Waals surface area contributed by atoms with Crippen molar-refractivity contribution in [2.45, 2.75) is 76.8 Å². The van der Waals surface area contributed by atoms with Crippen LogP contribution in [0.25, 0.3) is 0 Å². The quantitative estimate of drug-likeness (QED) is 0.353. The third-order valence-corrected chi connectivity index (χ3v) is 5.14. The Hall–Kier alpha value is -2.25. The van der Waals surface area contributed by atoms with Gasteiger partial charge in [0.2, 0.25) is 0 Å². The lowest BCUT2D eigenvalue weighted by atomic mass is 9.86. The van der Waals surface area contributed by atoms with Crippen molar-refractivity contribution in [3.8, 4) is 0 Å². The van der Waals surface area contributed by atoms with Gasteiger partial charge in [0.15, 0.2) is 6.29 Å². The minimum absolute atomic E-state index is 0.0428. The van der Waals surface area contributed by atoms with E-state index in [1.54, 1.807) is 6.92 Å². The second kappa shape index (κ2) is 12.4. The summed E-state index contributed by atoms with van der Waals surface area (Å²) in [4.78, 5) is 35.3. The van der Waals surface area contributed by atoms with Crippen LogP contribution in [0.5, 0.6) is 0 Å². The van der Waals surface area contributed by atoms with Gasteiger partial charge in [-0.1, -0.05) is 43.7 Å². The Bertz CT molecular complexity index is 675.